The number of hydrogen-bond acceptors (Lipinski definition) is 2. The van der Waals surface area contributed by atoms with E-state index in [-0.39, 0.29) is 18.1 Å². The second-order valence-electron chi connectivity index (χ2n) is 7.63. The zero-order valence-corrected chi connectivity index (χ0v) is 19.5. The number of rotatable bonds is 10. The SMILES string of the molecule is CC[Si](CC)(CC)OC1C(=O)N([Si](CC)(CC)CC)[C@H]1c1ccccc1. The molecule has 0 aliphatic carbocycles. The monoisotopic (exact) mass is 391 g/mol. The maximum absolute atomic E-state index is 13.4. The van der Waals surface area contributed by atoms with Crippen molar-refractivity contribution in [2.24, 2.45) is 0 Å². The second kappa shape index (κ2) is 8.85. The van der Waals surface area contributed by atoms with Gasteiger partial charge in [0.2, 0.25) is 5.91 Å². The van der Waals surface area contributed by atoms with E-state index in [9.17, 15) is 4.79 Å². The van der Waals surface area contributed by atoms with Gasteiger partial charge in [-0.3, -0.25) is 4.79 Å². The van der Waals surface area contributed by atoms with Gasteiger partial charge in [-0.2, -0.15) is 0 Å². The van der Waals surface area contributed by atoms with Crippen molar-refractivity contribution in [3.05, 3.63) is 35.9 Å². The highest BCUT2D eigenvalue weighted by Gasteiger charge is 2.58. The molecule has 2 rings (SSSR count). The topological polar surface area (TPSA) is 29.5 Å². The van der Waals surface area contributed by atoms with E-state index in [0.717, 1.165) is 36.3 Å². The van der Waals surface area contributed by atoms with Crippen LogP contribution in [0.1, 0.15) is 53.1 Å². The van der Waals surface area contributed by atoms with E-state index in [1.165, 1.54) is 5.56 Å². The highest BCUT2D eigenvalue weighted by atomic mass is 28.4. The Morgan fingerprint density at radius 2 is 1.35 bits per heavy atom. The van der Waals surface area contributed by atoms with Crippen LogP contribution in [0.5, 0.6) is 0 Å². The van der Waals surface area contributed by atoms with Gasteiger partial charge >= 0.3 is 0 Å². The number of β-lactam (4-membered cyclic amide) rings is 1. The van der Waals surface area contributed by atoms with Crippen molar-refractivity contribution in [3.8, 4) is 0 Å². The van der Waals surface area contributed by atoms with E-state index in [1.54, 1.807) is 0 Å². The summed E-state index contributed by atoms with van der Waals surface area (Å²) in [5.41, 5.74) is 1.25. The van der Waals surface area contributed by atoms with Gasteiger partial charge in [0.1, 0.15) is 6.10 Å². The quantitative estimate of drug-likeness (QED) is 0.363. The Morgan fingerprint density at radius 3 is 1.77 bits per heavy atom. The third kappa shape index (κ3) is 3.58. The Morgan fingerprint density at radius 1 is 0.846 bits per heavy atom. The zero-order valence-electron chi connectivity index (χ0n) is 17.5. The van der Waals surface area contributed by atoms with Crippen LogP contribution in [-0.4, -0.2) is 33.1 Å². The van der Waals surface area contributed by atoms with Gasteiger partial charge in [0.15, 0.2) is 16.6 Å². The molecule has 0 N–H and O–H groups in total. The third-order valence-electron chi connectivity index (χ3n) is 6.98. The van der Waals surface area contributed by atoms with E-state index in [4.69, 9.17) is 4.43 Å². The maximum Gasteiger partial charge on any atom is 0.245 e. The molecule has 1 aliphatic rings. The average molecular weight is 392 g/mol. The Labute approximate surface area is 162 Å². The molecule has 1 amide bonds. The predicted octanol–water partition coefficient (Wildman–Crippen LogP) is 5.97. The van der Waals surface area contributed by atoms with E-state index in [2.05, 4.69) is 76.4 Å². The van der Waals surface area contributed by atoms with E-state index >= 15 is 0 Å². The van der Waals surface area contributed by atoms with Crippen LogP contribution in [0.3, 0.4) is 0 Å². The van der Waals surface area contributed by atoms with Crippen LogP contribution in [0.2, 0.25) is 36.3 Å². The molecule has 1 heterocycles. The van der Waals surface area contributed by atoms with Gasteiger partial charge in [0.25, 0.3) is 0 Å². The van der Waals surface area contributed by atoms with Crippen molar-refractivity contribution >= 4 is 22.5 Å². The first-order valence-corrected chi connectivity index (χ1v) is 15.6. The van der Waals surface area contributed by atoms with Crippen LogP contribution in [0.4, 0.5) is 0 Å². The summed E-state index contributed by atoms with van der Waals surface area (Å²) in [5.74, 6) is 0.267. The molecule has 1 unspecified atom stereocenters. The summed E-state index contributed by atoms with van der Waals surface area (Å²) in [7, 11) is -3.59. The minimum absolute atomic E-state index is 0.117. The molecule has 0 aromatic heterocycles. The first-order valence-electron chi connectivity index (χ1n) is 10.5. The number of carbonyl (C=O) groups excluding carboxylic acids is 1. The van der Waals surface area contributed by atoms with E-state index in [0.29, 0.717) is 0 Å². The number of amides is 1. The molecular weight excluding hydrogens is 354 g/mol. The van der Waals surface area contributed by atoms with Crippen LogP contribution < -0.4 is 0 Å². The van der Waals surface area contributed by atoms with Crippen molar-refractivity contribution in [1.82, 2.24) is 4.57 Å². The zero-order chi connectivity index (χ0) is 19.4. The minimum atomic E-state index is -1.82. The Balaban J connectivity index is 2.42. The number of nitrogens with zero attached hydrogens (tertiary/aromatic N) is 1. The molecule has 1 aromatic carbocycles. The predicted molar refractivity (Wildman–Crippen MR) is 115 cm³/mol. The Hall–Kier alpha value is -0.916. The lowest BCUT2D eigenvalue weighted by molar-refractivity contribution is -0.155. The third-order valence-corrected chi connectivity index (χ3v) is 17.1. The van der Waals surface area contributed by atoms with Crippen molar-refractivity contribution < 1.29 is 9.22 Å². The summed E-state index contributed by atoms with van der Waals surface area (Å²) < 4.78 is 9.03. The molecule has 3 nitrogen and oxygen atoms in total. The molecule has 5 heteroatoms. The fraction of sp³-hybridized carbons (Fsp3) is 0.667. The largest absolute Gasteiger partial charge is 0.403 e. The van der Waals surface area contributed by atoms with Crippen molar-refractivity contribution in [1.29, 1.82) is 0 Å². The van der Waals surface area contributed by atoms with Crippen molar-refractivity contribution in [3.63, 3.8) is 0 Å². The molecule has 1 saturated heterocycles. The van der Waals surface area contributed by atoms with Crippen LogP contribution in [0.15, 0.2) is 30.3 Å². The van der Waals surface area contributed by atoms with Gasteiger partial charge in [-0.05, 0) is 41.8 Å². The van der Waals surface area contributed by atoms with E-state index < -0.39 is 16.6 Å². The normalized spacial score (nSPS) is 21.0. The molecule has 146 valence electrons. The minimum Gasteiger partial charge on any atom is -0.403 e. The second-order valence-corrected chi connectivity index (χ2v) is 17.4. The molecule has 0 saturated carbocycles. The lowest BCUT2D eigenvalue weighted by Gasteiger charge is -2.57. The molecule has 0 bridgehead atoms. The number of benzene rings is 1. The number of hydrogen-bond donors (Lipinski definition) is 0. The fourth-order valence-electron chi connectivity index (χ4n) is 4.61. The summed E-state index contributed by atoms with van der Waals surface area (Å²) in [4.78, 5) is 13.4. The molecular formula is C21H37NO2Si2. The standard InChI is InChI=1S/C21H37NO2Si2/c1-7-25(8-2,9-3)22-19(18-16-14-13-15-17-18)20(21(22)23)24-26(10-4,11-5)12-6/h13-17,19-20H,7-12H2,1-6H3/t19-,20?/m0/s1. The lowest BCUT2D eigenvalue weighted by Crippen LogP contribution is -2.71. The molecule has 1 aromatic rings. The van der Waals surface area contributed by atoms with Gasteiger partial charge < -0.3 is 8.99 Å². The maximum atomic E-state index is 13.4. The van der Waals surface area contributed by atoms with Crippen molar-refractivity contribution in [2.75, 3.05) is 0 Å². The highest BCUT2D eigenvalue weighted by Crippen LogP contribution is 2.46. The Kier molecular flexibility index (Phi) is 7.28. The highest BCUT2D eigenvalue weighted by molar-refractivity contribution is 6.79. The summed E-state index contributed by atoms with van der Waals surface area (Å²) in [6.45, 7) is 13.5. The summed E-state index contributed by atoms with van der Waals surface area (Å²) in [5, 5.41) is 0. The lowest BCUT2D eigenvalue weighted by atomic mass is 9.94. The van der Waals surface area contributed by atoms with E-state index in [1.807, 2.05) is 0 Å². The van der Waals surface area contributed by atoms with Gasteiger partial charge in [-0.1, -0.05) is 71.9 Å². The Bertz CT molecular complexity index is 568. The fourth-order valence-corrected chi connectivity index (χ4v) is 11.4. The molecule has 2 atom stereocenters. The van der Waals surface area contributed by atoms with Gasteiger partial charge in [-0.25, -0.2) is 0 Å². The van der Waals surface area contributed by atoms with Crippen molar-refractivity contribution in [2.45, 2.75) is 90.0 Å². The van der Waals surface area contributed by atoms with Gasteiger partial charge in [-0.15, -0.1) is 0 Å². The first kappa shape index (κ1) is 21.4. The van der Waals surface area contributed by atoms with Gasteiger partial charge in [0.05, 0.1) is 6.04 Å². The molecule has 0 spiro atoms. The van der Waals surface area contributed by atoms with Crippen LogP contribution in [-0.2, 0) is 9.22 Å². The summed E-state index contributed by atoms with van der Waals surface area (Å²) in [6, 6.07) is 17.3. The van der Waals surface area contributed by atoms with Crippen LogP contribution in [0, 0.1) is 0 Å². The molecule has 1 aliphatic heterocycles. The average Bonchev–Trinajstić information content (AvgIpc) is 2.71. The number of carbonyl (C=O) groups is 1. The smallest absolute Gasteiger partial charge is 0.245 e. The summed E-state index contributed by atoms with van der Waals surface area (Å²) in [6.07, 6.45) is -0.263. The molecule has 0 radical (unpaired) electrons. The van der Waals surface area contributed by atoms with Gasteiger partial charge in [0, 0.05) is 0 Å². The molecule has 26 heavy (non-hydrogen) atoms. The first-order chi connectivity index (χ1) is 12.5. The van der Waals surface area contributed by atoms with Crippen LogP contribution >= 0.6 is 0 Å². The van der Waals surface area contributed by atoms with Crippen LogP contribution in [0.25, 0.3) is 0 Å². The summed E-state index contributed by atoms with van der Waals surface area (Å²) >= 11 is 0. The molecule has 1 fully saturated rings.